The number of nitrogens with one attached hydrogen (secondary N) is 1. The van der Waals surface area contributed by atoms with Gasteiger partial charge in [-0.2, -0.15) is 0 Å². The van der Waals surface area contributed by atoms with Crippen LogP contribution in [-0.2, 0) is 0 Å². The number of aromatic nitrogens is 2. The maximum absolute atomic E-state index is 13.0. The third-order valence-corrected chi connectivity index (χ3v) is 5.23. The monoisotopic (exact) mass is 345 g/mol. The van der Waals surface area contributed by atoms with E-state index in [1.165, 1.54) is 11.3 Å². The van der Waals surface area contributed by atoms with Crippen molar-refractivity contribution in [2.75, 3.05) is 11.9 Å². The minimum absolute atomic E-state index is 0.0350. The normalized spacial score (nSPS) is 10.9. The fourth-order valence-corrected chi connectivity index (χ4v) is 3.99. The van der Waals surface area contributed by atoms with Crippen molar-refractivity contribution in [3.63, 3.8) is 0 Å². The molecule has 3 heterocycles. The first-order valence-electron chi connectivity index (χ1n) is 7.86. The summed E-state index contributed by atoms with van der Waals surface area (Å²) in [7, 11) is 0. The fraction of sp³-hybridized carbons (Fsp3) is 0.100. The molecule has 1 N–H and O–H groups in total. The van der Waals surface area contributed by atoms with Crippen molar-refractivity contribution in [2.45, 2.75) is 6.92 Å². The quantitative estimate of drug-likeness (QED) is 0.572. The number of hydrogen-bond acceptors (Lipinski definition) is 4. The van der Waals surface area contributed by atoms with Crippen LogP contribution in [0.5, 0.6) is 0 Å². The largest absolute Gasteiger partial charge is 0.374 e. The number of anilines is 1. The zero-order valence-electron chi connectivity index (χ0n) is 13.6. The van der Waals surface area contributed by atoms with Gasteiger partial charge < -0.3 is 5.32 Å². The van der Waals surface area contributed by atoms with E-state index >= 15 is 0 Å². The third kappa shape index (κ3) is 2.57. The first kappa shape index (κ1) is 15.4. The molecule has 0 aliphatic heterocycles. The van der Waals surface area contributed by atoms with Crippen LogP contribution in [0.3, 0.4) is 0 Å². The first-order chi connectivity index (χ1) is 12.2. The topological polar surface area (TPSA) is 46.9 Å². The second kappa shape index (κ2) is 6.08. The molecule has 0 saturated heterocycles. The van der Waals surface area contributed by atoms with E-state index in [0.29, 0.717) is 11.2 Å². The maximum Gasteiger partial charge on any atom is 0.273 e. The number of aryl methyl sites for hydroxylation is 1. The molecule has 25 heavy (non-hydrogen) atoms. The standard InChI is InChI=1S/C20H15N3OS/c1-3-10-21-16-8-11-22-19-17(16)15-9-12-23(20(24)18(15)25-19)14-6-4-13(2)5-7-14/h1,4-9,11-12H,10H2,2H3,(H,21,22). The Morgan fingerprint density at radius 3 is 2.80 bits per heavy atom. The van der Waals surface area contributed by atoms with E-state index in [-0.39, 0.29) is 5.56 Å². The van der Waals surface area contributed by atoms with Crippen molar-refractivity contribution in [1.29, 1.82) is 0 Å². The van der Waals surface area contributed by atoms with Crippen LogP contribution in [0.1, 0.15) is 5.56 Å². The Bertz CT molecular complexity index is 1180. The Morgan fingerprint density at radius 1 is 1.24 bits per heavy atom. The second-order valence-corrected chi connectivity index (χ2v) is 6.77. The molecule has 0 unspecified atom stereocenters. The highest BCUT2D eigenvalue weighted by molar-refractivity contribution is 7.25. The molecule has 1 aromatic carbocycles. The minimum atomic E-state index is -0.0350. The van der Waals surface area contributed by atoms with E-state index < -0.39 is 0 Å². The molecule has 4 rings (SSSR count). The summed E-state index contributed by atoms with van der Waals surface area (Å²) in [6.07, 6.45) is 8.90. The number of rotatable bonds is 3. The number of benzene rings is 1. The van der Waals surface area contributed by atoms with Gasteiger partial charge >= 0.3 is 0 Å². The van der Waals surface area contributed by atoms with Crippen molar-refractivity contribution >= 4 is 37.3 Å². The summed E-state index contributed by atoms with van der Waals surface area (Å²) in [5.41, 5.74) is 2.88. The number of nitrogens with zero attached hydrogens (tertiary/aromatic N) is 2. The second-order valence-electron chi connectivity index (χ2n) is 5.77. The smallest absolute Gasteiger partial charge is 0.273 e. The molecule has 0 fully saturated rings. The molecule has 0 saturated carbocycles. The average molecular weight is 345 g/mol. The SMILES string of the molecule is C#CCNc1ccnc2sc3c(=O)n(-c4ccc(C)cc4)ccc3c12. The Labute approximate surface area is 148 Å². The predicted molar refractivity (Wildman–Crippen MR) is 105 cm³/mol. The van der Waals surface area contributed by atoms with E-state index in [1.54, 1.807) is 10.8 Å². The number of terminal acetylenes is 1. The van der Waals surface area contributed by atoms with Crippen molar-refractivity contribution in [3.8, 4) is 18.0 Å². The van der Waals surface area contributed by atoms with Crippen LogP contribution >= 0.6 is 11.3 Å². The molecule has 122 valence electrons. The number of hydrogen-bond donors (Lipinski definition) is 1. The van der Waals surface area contributed by atoms with Crippen LogP contribution in [-0.4, -0.2) is 16.1 Å². The summed E-state index contributed by atoms with van der Waals surface area (Å²) in [5.74, 6) is 2.57. The van der Waals surface area contributed by atoms with Gasteiger partial charge in [0.25, 0.3) is 5.56 Å². The van der Waals surface area contributed by atoms with Crippen LogP contribution in [0.25, 0.3) is 26.0 Å². The molecular weight excluding hydrogens is 330 g/mol. The number of thiophene rings is 1. The van der Waals surface area contributed by atoms with Gasteiger partial charge in [0.2, 0.25) is 0 Å². The Morgan fingerprint density at radius 2 is 2.04 bits per heavy atom. The summed E-state index contributed by atoms with van der Waals surface area (Å²) in [5, 5.41) is 5.06. The summed E-state index contributed by atoms with van der Waals surface area (Å²) < 4.78 is 2.37. The van der Waals surface area contributed by atoms with Gasteiger partial charge in [0.1, 0.15) is 9.53 Å². The van der Waals surface area contributed by atoms with Gasteiger partial charge in [-0.15, -0.1) is 17.8 Å². The van der Waals surface area contributed by atoms with E-state index in [2.05, 4.69) is 16.2 Å². The molecule has 0 atom stereocenters. The Hall–Kier alpha value is -3.10. The lowest BCUT2D eigenvalue weighted by Gasteiger charge is -2.07. The van der Waals surface area contributed by atoms with Crippen LogP contribution in [0.4, 0.5) is 5.69 Å². The van der Waals surface area contributed by atoms with Crippen LogP contribution in [0, 0.1) is 19.3 Å². The summed E-state index contributed by atoms with van der Waals surface area (Å²) in [4.78, 5) is 18.3. The highest BCUT2D eigenvalue weighted by Crippen LogP contribution is 2.35. The molecule has 5 heteroatoms. The van der Waals surface area contributed by atoms with Crippen molar-refractivity contribution in [2.24, 2.45) is 0 Å². The fourth-order valence-electron chi connectivity index (χ4n) is 2.89. The molecule has 0 bridgehead atoms. The van der Waals surface area contributed by atoms with Gasteiger partial charge in [0, 0.05) is 34.5 Å². The molecule has 0 radical (unpaired) electrons. The predicted octanol–water partition coefficient (Wildman–Crippen LogP) is 3.95. The van der Waals surface area contributed by atoms with Crippen LogP contribution < -0.4 is 10.9 Å². The molecule has 0 aliphatic carbocycles. The molecule has 0 aliphatic rings. The maximum atomic E-state index is 13.0. The van der Waals surface area contributed by atoms with Gasteiger partial charge in [0.15, 0.2) is 0 Å². The van der Waals surface area contributed by atoms with Gasteiger partial charge in [0.05, 0.1) is 6.54 Å². The van der Waals surface area contributed by atoms with Crippen molar-refractivity contribution in [1.82, 2.24) is 9.55 Å². The molecule has 4 aromatic rings. The summed E-state index contributed by atoms with van der Waals surface area (Å²) in [6, 6.07) is 11.8. The van der Waals surface area contributed by atoms with Gasteiger partial charge in [-0.1, -0.05) is 23.6 Å². The van der Waals surface area contributed by atoms with Gasteiger partial charge in [-0.3, -0.25) is 9.36 Å². The molecule has 0 amide bonds. The first-order valence-corrected chi connectivity index (χ1v) is 8.68. The van der Waals surface area contributed by atoms with E-state index in [4.69, 9.17) is 6.42 Å². The minimum Gasteiger partial charge on any atom is -0.374 e. The average Bonchev–Trinajstić information content (AvgIpc) is 3.01. The van der Waals surface area contributed by atoms with E-state index in [0.717, 1.165) is 32.5 Å². The third-order valence-electron chi connectivity index (χ3n) is 4.13. The highest BCUT2D eigenvalue weighted by Gasteiger charge is 2.14. The molecule has 0 spiro atoms. The van der Waals surface area contributed by atoms with Crippen LogP contribution in [0.15, 0.2) is 53.6 Å². The zero-order chi connectivity index (χ0) is 17.4. The van der Waals surface area contributed by atoms with Crippen molar-refractivity contribution in [3.05, 3.63) is 64.7 Å². The number of pyridine rings is 2. The molecule has 3 aromatic heterocycles. The van der Waals surface area contributed by atoms with Crippen molar-refractivity contribution < 1.29 is 0 Å². The van der Waals surface area contributed by atoms with E-state index in [1.807, 2.05) is 49.5 Å². The lowest BCUT2D eigenvalue weighted by atomic mass is 10.2. The highest BCUT2D eigenvalue weighted by atomic mass is 32.1. The molecule has 4 nitrogen and oxygen atoms in total. The Balaban J connectivity index is 1.96. The van der Waals surface area contributed by atoms with E-state index in [9.17, 15) is 4.79 Å². The Kier molecular flexibility index (Phi) is 3.75. The lowest BCUT2D eigenvalue weighted by molar-refractivity contribution is 1.01. The summed E-state index contributed by atoms with van der Waals surface area (Å²) >= 11 is 1.41. The number of fused-ring (bicyclic) bond motifs is 3. The lowest BCUT2D eigenvalue weighted by Crippen LogP contribution is -2.16. The summed E-state index contributed by atoms with van der Waals surface area (Å²) in [6.45, 7) is 2.45. The van der Waals surface area contributed by atoms with Crippen LogP contribution in [0.2, 0.25) is 0 Å². The molecular formula is C20H15N3OS. The zero-order valence-corrected chi connectivity index (χ0v) is 14.4. The van der Waals surface area contributed by atoms with Gasteiger partial charge in [-0.05, 0) is 31.2 Å². The van der Waals surface area contributed by atoms with Gasteiger partial charge in [-0.25, -0.2) is 4.98 Å².